The molecule has 0 N–H and O–H groups in total. The normalized spacial score (nSPS) is 11.4. The highest BCUT2D eigenvalue weighted by Gasteiger charge is 2.12. The molecular formula is C31H29N. The van der Waals surface area contributed by atoms with Crippen molar-refractivity contribution in [1.82, 2.24) is 4.98 Å². The van der Waals surface area contributed by atoms with E-state index in [1.807, 2.05) is 0 Å². The maximum absolute atomic E-state index is 4.85. The number of nitrogens with zero attached hydrogens (tertiary/aromatic N) is 1. The number of benzene rings is 4. The van der Waals surface area contributed by atoms with Crippen molar-refractivity contribution in [3.05, 3.63) is 124 Å². The fourth-order valence-electron chi connectivity index (χ4n) is 4.77. The molecule has 0 fully saturated rings. The van der Waals surface area contributed by atoms with Gasteiger partial charge in [0.1, 0.15) is 0 Å². The summed E-state index contributed by atoms with van der Waals surface area (Å²) in [5.74, 6) is 0. The Bertz CT molecular complexity index is 1460. The van der Waals surface area contributed by atoms with Crippen LogP contribution in [-0.4, -0.2) is 4.98 Å². The van der Waals surface area contributed by atoms with Crippen molar-refractivity contribution >= 4 is 21.5 Å². The van der Waals surface area contributed by atoms with Gasteiger partial charge in [0, 0.05) is 17.8 Å². The molecule has 1 aromatic heterocycles. The second-order valence-electron chi connectivity index (χ2n) is 9.12. The van der Waals surface area contributed by atoms with Crippen LogP contribution in [0.5, 0.6) is 0 Å². The van der Waals surface area contributed by atoms with Gasteiger partial charge in [0.2, 0.25) is 0 Å². The highest BCUT2D eigenvalue weighted by atomic mass is 14.7. The summed E-state index contributed by atoms with van der Waals surface area (Å²) in [4.78, 5) is 4.85. The molecule has 1 heteroatoms. The zero-order chi connectivity index (χ0) is 22.2. The summed E-state index contributed by atoms with van der Waals surface area (Å²) < 4.78 is 0. The molecule has 1 heterocycles. The molecule has 0 atom stereocenters. The molecule has 0 saturated carbocycles. The second kappa shape index (κ2) is 8.24. The number of rotatable bonds is 4. The third kappa shape index (κ3) is 3.91. The van der Waals surface area contributed by atoms with Gasteiger partial charge in [-0.2, -0.15) is 0 Å². The molecule has 0 spiro atoms. The number of aromatic nitrogens is 1. The van der Waals surface area contributed by atoms with Crippen molar-refractivity contribution in [2.24, 2.45) is 0 Å². The summed E-state index contributed by atoms with van der Waals surface area (Å²) in [5.41, 5.74) is 10.3. The van der Waals surface area contributed by atoms with Gasteiger partial charge in [0.05, 0.1) is 0 Å². The molecule has 4 aromatic carbocycles. The van der Waals surface area contributed by atoms with Gasteiger partial charge in [0.25, 0.3) is 0 Å². The van der Waals surface area contributed by atoms with Crippen LogP contribution in [0.1, 0.15) is 44.8 Å². The van der Waals surface area contributed by atoms with Crippen LogP contribution in [0.15, 0.2) is 78.9 Å². The monoisotopic (exact) mass is 415 g/mol. The SMILES string of the molecule is Cc1ccc2cc(Cc3cc(Cc4nc(C)ccc4C)c4ccccc4c3C)ccc2c1. The van der Waals surface area contributed by atoms with Gasteiger partial charge in [-0.3, -0.25) is 4.98 Å². The van der Waals surface area contributed by atoms with Crippen LogP contribution in [0, 0.1) is 27.7 Å². The van der Waals surface area contributed by atoms with Gasteiger partial charge >= 0.3 is 0 Å². The Morgan fingerprint density at radius 2 is 1.38 bits per heavy atom. The lowest BCUT2D eigenvalue weighted by molar-refractivity contribution is 1.01. The highest BCUT2D eigenvalue weighted by Crippen LogP contribution is 2.30. The Morgan fingerprint density at radius 3 is 2.22 bits per heavy atom. The molecule has 32 heavy (non-hydrogen) atoms. The van der Waals surface area contributed by atoms with Crippen molar-refractivity contribution < 1.29 is 0 Å². The number of hydrogen-bond donors (Lipinski definition) is 0. The van der Waals surface area contributed by atoms with E-state index in [4.69, 9.17) is 4.98 Å². The van der Waals surface area contributed by atoms with Gasteiger partial charge in [-0.15, -0.1) is 0 Å². The standard InChI is InChI=1S/C31H29N/c1-20-9-13-26-16-24(12-14-25(26)15-20)17-27-18-28(19-31-21(2)10-11-22(3)32-31)30-8-6-5-7-29(30)23(27)4/h5-16,18H,17,19H2,1-4H3. The summed E-state index contributed by atoms with van der Waals surface area (Å²) in [7, 11) is 0. The zero-order valence-corrected chi connectivity index (χ0v) is 19.4. The minimum atomic E-state index is 0.859. The van der Waals surface area contributed by atoms with Crippen LogP contribution in [0.2, 0.25) is 0 Å². The Balaban J connectivity index is 1.59. The second-order valence-corrected chi connectivity index (χ2v) is 9.12. The van der Waals surface area contributed by atoms with Crippen molar-refractivity contribution in [2.45, 2.75) is 40.5 Å². The first-order chi connectivity index (χ1) is 15.5. The number of aryl methyl sites for hydroxylation is 4. The zero-order valence-electron chi connectivity index (χ0n) is 19.4. The molecule has 0 radical (unpaired) electrons. The lowest BCUT2D eigenvalue weighted by Gasteiger charge is -2.16. The first-order valence-electron chi connectivity index (χ1n) is 11.4. The van der Waals surface area contributed by atoms with Crippen LogP contribution >= 0.6 is 0 Å². The lowest BCUT2D eigenvalue weighted by atomic mass is 9.89. The van der Waals surface area contributed by atoms with Gasteiger partial charge in [-0.25, -0.2) is 0 Å². The summed E-state index contributed by atoms with van der Waals surface area (Å²) >= 11 is 0. The molecule has 5 aromatic rings. The quantitative estimate of drug-likeness (QED) is 0.292. The maximum Gasteiger partial charge on any atom is 0.0479 e. The summed E-state index contributed by atoms with van der Waals surface area (Å²) in [5, 5.41) is 5.31. The van der Waals surface area contributed by atoms with Crippen LogP contribution in [-0.2, 0) is 12.8 Å². The van der Waals surface area contributed by atoms with E-state index in [0.29, 0.717) is 0 Å². The fraction of sp³-hybridized carbons (Fsp3) is 0.194. The van der Waals surface area contributed by atoms with E-state index in [-0.39, 0.29) is 0 Å². The Labute approximate surface area is 190 Å². The molecule has 0 amide bonds. The molecule has 0 saturated heterocycles. The third-order valence-corrected chi connectivity index (χ3v) is 6.66. The third-order valence-electron chi connectivity index (χ3n) is 6.66. The van der Waals surface area contributed by atoms with Crippen LogP contribution < -0.4 is 0 Å². The van der Waals surface area contributed by atoms with Gasteiger partial charge in [-0.1, -0.05) is 78.4 Å². The van der Waals surface area contributed by atoms with E-state index in [0.717, 1.165) is 18.5 Å². The van der Waals surface area contributed by atoms with Crippen molar-refractivity contribution in [3.63, 3.8) is 0 Å². The molecule has 0 aliphatic rings. The van der Waals surface area contributed by atoms with E-state index in [9.17, 15) is 0 Å². The highest BCUT2D eigenvalue weighted by molar-refractivity contribution is 5.90. The van der Waals surface area contributed by atoms with Crippen molar-refractivity contribution in [2.75, 3.05) is 0 Å². The van der Waals surface area contributed by atoms with Gasteiger partial charge < -0.3 is 0 Å². The first kappa shape index (κ1) is 20.5. The van der Waals surface area contributed by atoms with Crippen LogP contribution in [0.4, 0.5) is 0 Å². The van der Waals surface area contributed by atoms with Crippen LogP contribution in [0.25, 0.3) is 21.5 Å². The largest absolute Gasteiger partial charge is 0.258 e. The molecule has 0 aliphatic heterocycles. The van der Waals surface area contributed by atoms with E-state index < -0.39 is 0 Å². The minimum absolute atomic E-state index is 0.859. The predicted octanol–water partition coefficient (Wildman–Crippen LogP) is 7.80. The van der Waals surface area contributed by atoms with E-state index in [1.165, 1.54) is 60.6 Å². The number of hydrogen-bond acceptors (Lipinski definition) is 1. The lowest BCUT2D eigenvalue weighted by Crippen LogP contribution is -2.02. The minimum Gasteiger partial charge on any atom is -0.258 e. The molecule has 5 rings (SSSR count). The maximum atomic E-state index is 4.85. The van der Waals surface area contributed by atoms with E-state index in [1.54, 1.807) is 0 Å². The van der Waals surface area contributed by atoms with Gasteiger partial charge in [-0.05, 0) is 89.5 Å². The molecular weight excluding hydrogens is 386 g/mol. The number of pyridine rings is 1. The average Bonchev–Trinajstić information content (AvgIpc) is 2.79. The summed E-state index contributed by atoms with van der Waals surface area (Å²) in [6.45, 7) is 8.65. The molecule has 1 nitrogen and oxygen atoms in total. The Morgan fingerprint density at radius 1 is 0.625 bits per heavy atom. The van der Waals surface area contributed by atoms with E-state index >= 15 is 0 Å². The molecule has 0 unspecified atom stereocenters. The van der Waals surface area contributed by atoms with Crippen LogP contribution in [0.3, 0.4) is 0 Å². The summed E-state index contributed by atoms with van der Waals surface area (Å²) in [6.07, 6.45) is 1.80. The topological polar surface area (TPSA) is 12.9 Å². The van der Waals surface area contributed by atoms with Crippen molar-refractivity contribution in [3.8, 4) is 0 Å². The van der Waals surface area contributed by atoms with Gasteiger partial charge in [0.15, 0.2) is 0 Å². The fourth-order valence-corrected chi connectivity index (χ4v) is 4.77. The first-order valence-corrected chi connectivity index (χ1v) is 11.4. The Kier molecular flexibility index (Phi) is 5.27. The number of fused-ring (bicyclic) bond motifs is 2. The smallest absolute Gasteiger partial charge is 0.0479 e. The summed E-state index contributed by atoms with van der Waals surface area (Å²) in [6, 6.07) is 29.1. The molecule has 158 valence electrons. The predicted molar refractivity (Wildman–Crippen MR) is 137 cm³/mol. The Hall–Kier alpha value is -3.45. The van der Waals surface area contributed by atoms with Crippen molar-refractivity contribution in [1.29, 1.82) is 0 Å². The van der Waals surface area contributed by atoms with E-state index in [2.05, 4.69) is 107 Å². The average molecular weight is 416 g/mol. The molecule has 0 aliphatic carbocycles. The molecule has 0 bridgehead atoms.